The van der Waals surface area contributed by atoms with E-state index < -0.39 is 0 Å². The van der Waals surface area contributed by atoms with E-state index in [1.54, 1.807) is 17.2 Å². The van der Waals surface area contributed by atoms with Crippen LogP contribution in [0.25, 0.3) is 11.3 Å². The number of benzene rings is 2. The Morgan fingerprint density at radius 1 is 0.923 bits per heavy atom. The number of hydrogen-bond acceptors (Lipinski definition) is 4. The van der Waals surface area contributed by atoms with Gasteiger partial charge in [0.25, 0.3) is 5.91 Å². The number of carbonyl (C=O) groups excluding carboxylic acids is 2. The third kappa shape index (κ3) is 4.63. The fraction of sp³-hybridized carbons (Fsp3) is 0.406. The van der Waals surface area contributed by atoms with Crippen molar-refractivity contribution in [3.8, 4) is 11.3 Å². The topological polar surface area (TPSA) is 74.3 Å². The summed E-state index contributed by atoms with van der Waals surface area (Å²) in [6, 6.07) is 18.5. The normalized spacial score (nSPS) is 28.4. The van der Waals surface area contributed by atoms with Crippen molar-refractivity contribution in [2.45, 2.75) is 62.7 Å². The molecular weight excluding hydrogens is 491 g/mol. The highest BCUT2D eigenvalue weighted by molar-refractivity contribution is 5.94. The molecule has 2 aromatic carbocycles. The summed E-state index contributed by atoms with van der Waals surface area (Å²) in [6.45, 7) is 1.26. The summed E-state index contributed by atoms with van der Waals surface area (Å²) in [5.74, 6) is 0.811. The van der Waals surface area contributed by atoms with Gasteiger partial charge in [-0.25, -0.2) is 4.39 Å². The molecule has 0 saturated heterocycles. The van der Waals surface area contributed by atoms with Gasteiger partial charge in [-0.3, -0.25) is 14.6 Å². The Morgan fingerprint density at radius 3 is 2.41 bits per heavy atom. The molecule has 0 spiro atoms. The summed E-state index contributed by atoms with van der Waals surface area (Å²) in [7, 11) is 0. The van der Waals surface area contributed by atoms with Crippen molar-refractivity contribution in [1.29, 1.82) is 0 Å². The predicted molar refractivity (Wildman–Crippen MR) is 146 cm³/mol. The van der Waals surface area contributed by atoms with Gasteiger partial charge in [-0.05, 0) is 85.8 Å². The largest absolute Gasteiger partial charge is 0.346 e. The van der Waals surface area contributed by atoms with Crippen LogP contribution in [0, 0.1) is 17.7 Å². The van der Waals surface area contributed by atoms with Crippen molar-refractivity contribution in [3.05, 3.63) is 89.4 Å². The third-order valence-corrected chi connectivity index (χ3v) is 9.39. The molecule has 2 heterocycles. The summed E-state index contributed by atoms with van der Waals surface area (Å²) < 4.78 is 13.6. The average molecular weight is 525 g/mol. The third-order valence-electron chi connectivity index (χ3n) is 9.39. The molecule has 2 unspecified atom stereocenters. The number of hydrogen-bond donors (Lipinski definition) is 2. The fourth-order valence-corrected chi connectivity index (χ4v) is 8.15. The van der Waals surface area contributed by atoms with Crippen LogP contribution < -0.4 is 10.6 Å². The highest BCUT2D eigenvalue weighted by Gasteiger charge is 2.58. The van der Waals surface area contributed by atoms with Crippen molar-refractivity contribution < 1.29 is 14.0 Å². The Labute approximate surface area is 228 Å². The number of aromatic nitrogens is 1. The molecule has 7 heteroatoms. The van der Waals surface area contributed by atoms with Gasteiger partial charge in [0.15, 0.2) is 0 Å². The van der Waals surface area contributed by atoms with Crippen molar-refractivity contribution in [2.24, 2.45) is 11.8 Å². The molecule has 4 atom stereocenters. The zero-order valence-electron chi connectivity index (χ0n) is 22.0. The zero-order chi connectivity index (χ0) is 26.6. The van der Waals surface area contributed by atoms with E-state index in [9.17, 15) is 14.0 Å². The average Bonchev–Trinajstić information content (AvgIpc) is 3.35. The zero-order valence-corrected chi connectivity index (χ0v) is 22.0. The van der Waals surface area contributed by atoms with E-state index in [0.717, 1.165) is 54.5 Å². The van der Waals surface area contributed by atoms with E-state index in [4.69, 9.17) is 0 Å². The van der Waals surface area contributed by atoms with E-state index in [1.807, 2.05) is 42.5 Å². The van der Waals surface area contributed by atoms with Crippen LogP contribution in [-0.4, -0.2) is 39.3 Å². The summed E-state index contributed by atoms with van der Waals surface area (Å²) in [6.07, 6.45) is 7.80. The lowest BCUT2D eigenvalue weighted by Gasteiger charge is -2.62. The second-order valence-corrected chi connectivity index (χ2v) is 12.3. The number of nitrogens with zero attached hydrogens (tertiary/aromatic N) is 2. The molecular formula is C32H33FN4O2. The first-order valence-electron chi connectivity index (χ1n) is 14.0. The summed E-state index contributed by atoms with van der Waals surface area (Å²) in [5, 5.41) is 7.11. The van der Waals surface area contributed by atoms with Gasteiger partial charge in [0.1, 0.15) is 5.82 Å². The number of pyridine rings is 1. The molecule has 4 saturated carbocycles. The van der Waals surface area contributed by atoms with Crippen molar-refractivity contribution in [1.82, 2.24) is 20.5 Å². The highest BCUT2D eigenvalue weighted by atomic mass is 19.1. The van der Waals surface area contributed by atoms with Crippen molar-refractivity contribution in [2.75, 3.05) is 6.54 Å². The second-order valence-electron chi connectivity index (χ2n) is 12.3. The molecule has 200 valence electrons. The molecule has 2 amide bonds. The maximum absolute atomic E-state index is 13.6. The van der Waals surface area contributed by atoms with Crippen LogP contribution in [0.3, 0.4) is 0 Å². The van der Waals surface area contributed by atoms with Gasteiger partial charge >= 0.3 is 0 Å². The number of nitrogens with one attached hydrogen (secondary N) is 2. The minimum absolute atomic E-state index is 0.0463. The van der Waals surface area contributed by atoms with Gasteiger partial charge in [-0.1, -0.05) is 36.4 Å². The lowest BCUT2D eigenvalue weighted by Crippen LogP contribution is -2.69. The number of rotatable bonds is 6. The van der Waals surface area contributed by atoms with Crippen LogP contribution in [0.5, 0.6) is 0 Å². The molecule has 6 nitrogen and oxygen atoms in total. The molecule has 0 radical (unpaired) electrons. The SMILES string of the molecule is O=C(NC12C[C@@H]3C[C@@H](CC(NCC(=O)N4Cc5ccc(F)cc5C4)(C3)C1)C2)c1ccc(-c2ccccc2)nc1. The van der Waals surface area contributed by atoms with Crippen LogP contribution in [0.15, 0.2) is 66.9 Å². The van der Waals surface area contributed by atoms with E-state index in [1.165, 1.54) is 18.6 Å². The lowest BCUT2D eigenvalue weighted by molar-refractivity contribution is -0.132. The van der Waals surface area contributed by atoms with Gasteiger partial charge in [0.05, 0.1) is 17.8 Å². The number of fused-ring (bicyclic) bond motifs is 1. The Bertz CT molecular complexity index is 1410. The molecule has 4 fully saturated rings. The first kappa shape index (κ1) is 24.5. The molecule has 8 rings (SSSR count). The van der Waals surface area contributed by atoms with Crippen LogP contribution in [-0.2, 0) is 17.9 Å². The Kier molecular flexibility index (Phi) is 5.81. The van der Waals surface area contributed by atoms with E-state index in [-0.39, 0.29) is 35.3 Å². The van der Waals surface area contributed by atoms with Gasteiger partial charge < -0.3 is 15.5 Å². The van der Waals surface area contributed by atoms with Gasteiger partial charge in [-0.15, -0.1) is 0 Å². The Balaban J connectivity index is 1.02. The standard InChI is InChI=1S/C32H33FN4O2/c33-27-8-6-25-18-37(19-26(25)11-27)29(38)17-35-31-12-21-10-22(13-31)15-32(14-21,20-31)36-30(39)24-7-9-28(34-16-24)23-4-2-1-3-5-23/h1-9,11,16,21-22,35H,10,12-15,17-20H2,(H,36,39)/t21-,22+,31?,32?. The van der Waals surface area contributed by atoms with Crippen LogP contribution in [0.4, 0.5) is 4.39 Å². The number of amides is 2. The van der Waals surface area contributed by atoms with Crippen LogP contribution in [0.2, 0.25) is 0 Å². The molecule has 39 heavy (non-hydrogen) atoms. The molecule has 2 N–H and O–H groups in total. The van der Waals surface area contributed by atoms with Crippen LogP contribution in [0.1, 0.15) is 60.0 Å². The van der Waals surface area contributed by atoms with E-state index in [0.29, 0.717) is 30.5 Å². The van der Waals surface area contributed by atoms with Gasteiger partial charge in [0.2, 0.25) is 5.91 Å². The number of carbonyl (C=O) groups is 2. The number of halogens is 1. The molecule has 4 bridgehead atoms. The molecule has 5 aliphatic rings. The van der Waals surface area contributed by atoms with Crippen LogP contribution >= 0.6 is 0 Å². The predicted octanol–water partition coefficient (Wildman–Crippen LogP) is 4.84. The smallest absolute Gasteiger partial charge is 0.253 e. The van der Waals surface area contributed by atoms with E-state index >= 15 is 0 Å². The minimum atomic E-state index is -0.259. The second kappa shape index (κ2) is 9.26. The maximum atomic E-state index is 13.6. The minimum Gasteiger partial charge on any atom is -0.346 e. The molecule has 1 aliphatic heterocycles. The summed E-state index contributed by atoms with van der Waals surface area (Å²) in [5.41, 5.74) is 3.98. The van der Waals surface area contributed by atoms with Gasteiger partial charge in [-0.2, -0.15) is 0 Å². The monoisotopic (exact) mass is 524 g/mol. The van der Waals surface area contributed by atoms with Crippen molar-refractivity contribution in [3.63, 3.8) is 0 Å². The first-order valence-corrected chi connectivity index (χ1v) is 14.0. The molecule has 4 aliphatic carbocycles. The summed E-state index contributed by atoms with van der Waals surface area (Å²) in [4.78, 5) is 32.9. The molecule has 1 aromatic heterocycles. The van der Waals surface area contributed by atoms with Gasteiger partial charge in [0, 0.05) is 35.9 Å². The Morgan fingerprint density at radius 2 is 1.67 bits per heavy atom. The van der Waals surface area contributed by atoms with E-state index in [2.05, 4.69) is 15.6 Å². The summed E-state index contributed by atoms with van der Waals surface area (Å²) >= 11 is 0. The Hall–Kier alpha value is -3.58. The quantitative estimate of drug-likeness (QED) is 0.484. The first-order chi connectivity index (χ1) is 18.9. The lowest BCUT2D eigenvalue weighted by atomic mass is 9.50. The molecule has 3 aromatic rings. The maximum Gasteiger partial charge on any atom is 0.253 e. The fourth-order valence-electron chi connectivity index (χ4n) is 8.15. The van der Waals surface area contributed by atoms with Crippen molar-refractivity contribution >= 4 is 11.8 Å². The highest BCUT2D eigenvalue weighted by Crippen LogP contribution is 2.57.